The van der Waals surface area contributed by atoms with Crippen molar-refractivity contribution in [3.05, 3.63) is 105 Å². The summed E-state index contributed by atoms with van der Waals surface area (Å²) in [4.78, 5) is 50.6. The van der Waals surface area contributed by atoms with E-state index in [2.05, 4.69) is 30.4 Å². The summed E-state index contributed by atoms with van der Waals surface area (Å²) in [5, 5.41) is 15.5. The van der Waals surface area contributed by atoms with E-state index < -0.39 is 54.3 Å². The topological polar surface area (TPSA) is 288 Å². The second-order valence-electron chi connectivity index (χ2n) is 15.3. The Morgan fingerprint density at radius 2 is 1.57 bits per heavy atom. The maximum atomic E-state index is 13.0. The Kier molecular flexibility index (Phi) is 17.1. The first-order valence-corrected chi connectivity index (χ1v) is 24.3. The Bertz CT molecular complexity index is 3280. The molecule has 0 bridgehead atoms. The number of aliphatic carboxylic acids is 1. The van der Waals surface area contributed by atoms with E-state index in [-0.39, 0.29) is 45.6 Å². The summed E-state index contributed by atoms with van der Waals surface area (Å²) in [6.45, 7) is 10.4. The van der Waals surface area contributed by atoms with Gasteiger partial charge in [-0.3, -0.25) is 14.7 Å². The van der Waals surface area contributed by atoms with Gasteiger partial charge in [-0.15, -0.1) is 5.10 Å². The van der Waals surface area contributed by atoms with Crippen LogP contribution in [0.2, 0.25) is 15.1 Å². The van der Waals surface area contributed by atoms with Crippen molar-refractivity contribution in [3.63, 3.8) is 0 Å². The van der Waals surface area contributed by atoms with Crippen molar-refractivity contribution < 1.29 is 54.9 Å². The fourth-order valence-corrected chi connectivity index (χ4v) is 9.01. The number of aromatic nitrogens is 7. The Balaban J connectivity index is 0.000000204. The van der Waals surface area contributed by atoms with Crippen molar-refractivity contribution in [2.45, 2.75) is 63.1 Å². The molecule has 368 valence electrons. The zero-order valence-electron chi connectivity index (χ0n) is 37.8. The van der Waals surface area contributed by atoms with Crippen LogP contribution in [0.4, 0.5) is 10.7 Å². The molecule has 5 aromatic heterocycles. The first kappa shape index (κ1) is 53.2. The van der Waals surface area contributed by atoms with Crippen LogP contribution < -0.4 is 34.7 Å². The van der Waals surface area contributed by atoms with Crippen molar-refractivity contribution in [2.24, 2.45) is 0 Å². The minimum atomic E-state index is -4.68. The standard InChI is InChI=1S/C16H18N6O7S2.C15H18Cl2N2O3.C11H8ClNO3/c1-4-30(24,25)13-14(22-8-6-5-7-10(22)17-13)31(26,27)21-16(23)20-15-18-11(28-2)9-12(19-15)29-3;1-8(2)21-12-7-11(9(16)6-10(12)17)19-14(20)22-13(18-19)15(3,4)5;12-8-3-4-9(16-6-10(14)15)11-7(8)2-1-5-13-11/h5-9H,4H2,1-3H3,(H2,18,19,20,21,23);6-8H,1-5H3;1-5H,6H2,(H,14,15). The largest absolute Gasteiger partial charge is 0.489 e. The average molecular weight is 1050 g/mol. The number of halogens is 3. The van der Waals surface area contributed by atoms with Crippen molar-refractivity contribution in [1.82, 2.24) is 38.8 Å². The number of sulfone groups is 1. The van der Waals surface area contributed by atoms with E-state index in [1.807, 2.05) is 34.6 Å². The zero-order valence-corrected chi connectivity index (χ0v) is 41.7. The van der Waals surface area contributed by atoms with Crippen molar-refractivity contribution in [2.75, 3.05) is 31.9 Å². The third-order valence-electron chi connectivity index (χ3n) is 8.75. The number of carbonyl (C=O) groups is 2. The molecule has 0 fully saturated rings. The summed E-state index contributed by atoms with van der Waals surface area (Å²) in [5.41, 5.74) is 0.624. The number of carbonyl (C=O) groups excluding carboxylic acids is 1. The Morgan fingerprint density at radius 1 is 0.884 bits per heavy atom. The number of hydrogen-bond acceptors (Lipinski definition) is 17. The first-order valence-electron chi connectivity index (χ1n) is 20.0. The first-order chi connectivity index (χ1) is 32.4. The number of urea groups is 1. The lowest BCUT2D eigenvalue weighted by Crippen LogP contribution is -2.36. The monoisotopic (exact) mass is 1050 g/mol. The molecule has 27 heteroatoms. The van der Waals surface area contributed by atoms with E-state index in [0.717, 1.165) is 14.5 Å². The number of imidazole rings is 1. The minimum Gasteiger partial charge on any atom is -0.489 e. The van der Waals surface area contributed by atoms with E-state index in [4.69, 9.17) is 63.3 Å². The van der Waals surface area contributed by atoms with Gasteiger partial charge in [0.2, 0.25) is 23.6 Å². The number of sulfonamides is 1. The number of methoxy groups -OCH3 is 2. The molecule has 5 heterocycles. The molecule has 0 aliphatic rings. The van der Waals surface area contributed by atoms with E-state index in [1.54, 1.807) is 47.3 Å². The van der Waals surface area contributed by atoms with Gasteiger partial charge in [-0.05, 0) is 56.3 Å². The number of hydrogen-bond donors (Lipinski definition) is 3. The second-order valence-corrected chi connectivity index (χ2v) is 20.3. The van der Waals surface area contributed by atoms with Crippen LogP contribution in [0.3, 0.4) is 0 Å². The van der Waals surface area contributed by atoms with Gasteiger partial charge in [0.25, 0.3) is 10.0 Å². The van der Waals surface area contributed by atoms with Crippen molar-refractivity contribution in [1.29, 1.82) is 0 Å². The van der Waals surface area contributed by atoms with Gasteiger partial charge in [0.05, 0.1) is 52.9 Å². The molecule has 7 rings (SSSR count). The zero-order chi connectivity index (χ0) is 51.0. The third kappa shape index (κ3) is 13.3. The maximum absolute atomic E-state index is 13.0. The Morgan fingerprint density at radius 3 is 2.16 bits per heavy atom. The van der Waals surface area contributed by atoms with Gasteiger partial charge in [0.1, 0.15) is 22.7 Å². The molecular formula is C42H44Cl3N9O13S2. The Labute approximate surface area is 409 Å². The molecule has 7 aromatic rings. The number of anilines is 1. The third-order valence-corrected chi connectivity index (χ3v) is 12.8. The normalized spacial score (nSPS) is 11.5. The molecule has 2 aromatic carbocycles. The second kappa shape index (κ2) is 22.1. The van der Waals surface area contributed by atoms with Crippen LogP contribution in [-0.4, -0.2) is 101 Å². The lowest BCUT2D eigenvalue weighted by molar-refractivity contribution is -0.139. The van der Waals surface area contributed by atoms with Gasteiger partial charge < -0.3 is 28.5 Å². The highest BCUT2D eigenvalue weighted by Gasteiger charge is 2.33. The van der Waals surface area contributed by atoms with Crippen LogP contribution in [0.5, 0.6) is 23.3 Å². The summed E-state index contributed by atoms with van der Waals surface area (Å²) < 4.78 is 80.5. The van der Waals surface area contributed by atoms with Crippen molar-refractivity contribution >= 4 is 89.2 Å². The predicted octanol–water partition coefficient (Wildman–Crippen LogP) is 7.01. The van der Waals surface area contributed by atoms with E-state index in [0.29, 0.717) is 38.6 Å². The lowest BCUT2D eigenvalue weighted by atomic mass is 9.97. The highest BCUT2D eigenvalue weighted by Crippen LogP contribution is 2.34. The van der Waals surface area contributed by atoms with E-state index in [1.165, 1.54) is 51.6 Å². The SMILES string of the molecule is CC(C)Oc1cc(-n2nc(C(C)(C)C)oc2=O)c(Cl)cc1Cl.CCS(=O)(=O)c1nc2ccccn2c1S(=O)(=O)NC(=O)Nc1nc(OC)cc(OC)n1.O=C(O)COc1ccc(Cl)c2cccnc12. The average Bonchev–Trinajstić information content (AvgIpc) is 3.89. The predicted molar refractivity (Wildman–Crippen MR) is 254 cm³/mol. The summed E-state index contributed by atoms with van der Waals surface area (Å²) in [6, 6.07) is 14.5. The van der Waals surface area contributed by atoms with E-state index >= 15 is 0 Å². The number of carboxylic acid groups (broad SMARTS) is 1. The van der Waals surface area contributed by atoms with Crippen LogP contribution in [0, 0.1) is 0 Å². The number of ether oxygens (including phenoxy) is 4. The number of nitrogens with zero attached hydrogens (tertiary/aromatic N) is 7. The number of amides is 2. The van der Waals surface area contributed by atoms with Crippen LogP contribution in [0.25, 0.3) is 22.2 Å². The molecular weight excluding hydrogens is 1010 g/mol. The summed E-state index contributed by atoms with van der Waals surface area (Å²) in [5.74, 6) is -1.03. The van der Waals surface area contributed by atoms with Crippen LogP contribution in [0.1, 0.15) is 47.4 Å². The lowest BCUT2D eigenvalue weighted by Gasteiger charge is -2.13. The number of fused-ring (bicyclic) bond motifs is 2. The molecule has 0 aliphatic carbocycles. The van der Waals surface area contributed by atoms with Gasteiger partial charge in [0.15, 0.2) is 26.5 Å². The number of benzene rings is 2. The minimum absolute atomic E-state index is 0.0584. The molecule has 0 saturated heterocycles. The highest BCUT2D eigenvalue weighted by molar-refractivity contribution is 7.93. The van der Waals surface area contributed by atoms with Gasteiger partial charge in [-0.1, -0.05) is 68.6 Å². The molecule has 0 saturated carbocycles. The maximum Gasteiger partial charge on any atom is 0.442 e. The molecule has 0 radical (unpaired) electrons. The fourth-order valence-electron chi connectivity index (χ4n) is 5.63. The quantitative estimate of drug-likeness (QED) is 0.105. The molecule has 0 unspecified atom stereocenters. The molecule has 3 N–H and O–H groups in total. The summed E-state index contributed by atoms with van der Waals surface area (Å²) >= 11 is 18.3. The van der Waals surface area contributed by atoms with Gasteiger partial charge in [-0.25, -0.2) is 32.5 Å². The van der Waals surface area contributed by atoms with E-state index in [9.17, 15) is 31.2 Å². The smallest absolute Gasteiger partial charge is 0.442 e. The Hall–Kier alpha value is -6.73. The van der Waals surface area contributed by atoms with Gasteiger partial charge in [0, 0.05) is 29.3 Å². The molecule has 0 aliphatic heterocycles. The summed E-state index contributed by atoms with van der Waals surface area (Å²) in [7, 11) is -6.04. The fraction of sp³-hybridized carbons (Fsp3) is 0.286. The summed E-state index contributed by atoms with van der Waals surface area (Å²) in [6.07, 6.45) is 2.86. The number of pyridine rings is 2. The highest BCUT2D eigenvalue weighted by atomic mass is 35.5. The molecule has 69 heavy (non-hydrogen) atoms. The van der Waals surface area contributed by atoms with Gasteiger partial charge >= 0.3 is 17.8 Å². The molecule has 2 amide bonds. The van der Waals surface area contributed by atoms with Crippen LogP contribution in [-0.2, 0) is 30.1 Å². The van der Waals surface area contributed by atoms with Crippen LogP contribution >= 0.6 is 34.8 Å². The number of nitrogens with one attached hydrogen (secondary N) is 2. The van der Waals surface area contributed by atoms with Crippen molar-refractivity contribution in [3.8, 4) is 28.9 Å². The molecule has 0 spiro atoms. The molecule has 0 atom stereocenters. The van der Waals surface area contributed by atoms with Gasteiger partial charge in [-0.2, -0.15) is 23.1 Å². The number of carboxylic acids is 1. The van der Waals surface area contributed by atoms with Crippen LogP contribution in [0.15, 0.2) is 92.3 Å². The molecule has 22 nitrogen and oxygen atoms in total. The number of rotatable bonds is 13.